The van der Waals surface area contributed by atoms with Crippen LogP contribution in [0, 0.1) is 4.91 Å². The van der Waals surface area contributed by atoms with E-state index in [0.717, 1.165) is 11.4 Å². The number of hydrogen-bond donors (Lipinski definition) is 2. The van der Waals surface area contributed by atoms with Crippen molar-refractivity contribution in [1.82, 2.24) is 15.6 Å². The molecule has 5 nitrogen and oxygen atoms in total. The van der Waals surface area contributed by atoms with Gasteiger partial charge in [0.1, 0.15) is 4.87 Å². The van der Waals surface area contributed by atoms with Crippen molar-refractivity contribution in [3.8, 4) is 0 Å². The van der Waals surface area contributed by atoms with Gasteiger partial charge >= 0.3 is 0 Å². The molecule has 2 fully saturated rings. The first-order valence-corrected chi connectivity index (χ1v) is 4.85. The van der Waals surface area contributed by atoms with E-state index in [9.17, 15) is 4.91 Å². The second-order valence-electron chi connectivity index (χ2n) is 4.02. The Hall–Kier alpha value is -0.680. The Bertz CT molecular complexity index is 232. The summed E-state index contributed by atoms with van der Waals surface area (Å²) in [4.78, 5) is 12.7. The molecule has 4 atom stereocenters. The number of rotatable bonds is 0. The molecule has 5 heteroatoms. The molecule has 0 radical (unpaired) electrons. The number of nitrogens with zero attached hydrogens (tertiary/aromatic N) is 2. The highest BCUT2D eigenvalue weighted by Gasteiger charge is 2.50. The summed E-state index contributed by atoms with van der Waals surface area (Å²) in [6, 6.07) is 0.605. The topological polar surface area (TPSA) is 47.4 Å². The third-order valence-electron chi connectivity index (χ3n) is 2.92. The highest BCUT2D eigenvalue weighted by Crippen LogP contribution is 2.19. The molecule has 2 heterocycles. The fraction of sp³-hybridized carbons (Fsp3) is 1.00. The molecule has 74 valence electrons. The highest BCUT2D eigenvalue weighted by molar-refractivity contribution is 4.87. The monoisotopic (exact) mass is 185 g/mol. The van der Waals surface area contributed by atoms with Gasteiger partial charge in [0.2, 0.25) is 0 Å². The van der Waals surface area contributed by atoms with Gasteiger partial charge in [0.05, 0.1) is 10.9 Å². The second-order valence-corrected chi connectivity index (χ2v) is 4.02. The van der Waals surface area contributed by atoms with Gasteiger partial charge < -0.3 is 5.32 Å². The van der Waals surface area contributed by atoms with Crippen molar-refractivity contribution in [2.75, 3.05) is 6.54 Å². The van der Waals surface area contributed by atoms with Crippen LogP contribution in [0.15, 0.2) is 0 Å². The van der Waals surface area contributed by atoms with Gasteiger partial charge in [0, 0.05) is 19.5 Å². The lowest BCUT2D eigenvalue weighted by Gasteiger charge is -2.33. The lowest BCUT2D eigenvalue weighted by atomic mass is 10.1. The smallest absolute Gasteiger partial charge is 0.286 e. The summed E-state index contributed by atoms with van der Waals surface area (Å²) in [7, 11) is 0. The van der Waals surface area contributed by atoms with E-state index in [1.807, 2.05) is 11.9 Å². The first-order chi connectivity index (χ1) is 6.11. The predicted octanol–water partition coefficient (Wildman–Crippen LogP) is -0.362. The number of fused-ring (bicyclic) bond motifs is 1. The van der Waals surface area contributed by atoms with Crippen molar-refractivity contribution in [2.24, 2.45) is 0 Å². The highest BCUT2D eigenvalue weighted by atomic mass is 16.3. The number of hydrazine groups is 1. The van der Waals surface area contributed by atoms with Gasteiger partial charge in [-0.05, 0) is 13.8 Å². The zero-order chi connectivity index (χ0) is 9.59. The zero-order valence-corrected chi connectivity index (χ0v) is 8.32. The number of hydrogen-bond acceptors (Lipinski definition) is 3. The van der Waals surface area contributed by atoms with Gasteiger partial charge in [-0.2, -0.15) is 0 Å². The molecule has 0 aromatic rings. The van der Waals surface area contributed by atoms with Crippen LogP contribution in [-0.4, -0.2) is 40.8 Å². The van der Waals surface area contributed by atoms with E-state index in [2.05, 4.69) is 24.5 Å². The molecule has 0 aromatic heterocycles. The SMILES string of the molecule is CC1NCC(C)N2C1N[C@@H](C)[N+]2=O. The van der Waals surface area contributed by atoms with E-state index in [0.29, 0.717) is 6.04 Å². The van der Waals surface area contributed by atoms with Crippen molar-refractivity contribution in [3.63, 3.8) is 0 Å². The van der Waals surface area contributed by atoms with Crippen molar-refractivity contribution in [2.45, 2.75) is 45.2 Å². The molecule has 0 bridgehead atoms. The summed E-state index contributed by atoms with van der Waals surface area (Å²) >= 11 is 0. The van der Waals surface area contributed by atoms with Crippen LogP contribution in [0.4, 0.5) is 0 Å². The van der Waals surface area contributed by atoms with E-state index in [1.165, 1.54) is 0 Å². The maximum atomic E-state index is 11.6. The number of piperazine rings is 1. The van der Waals surface area contributed by atoms with Crippen LogP contribution in [-0.2, 0) is 0 Å². The molecule has 2 saturated heterocycles. The lowest BCUT2D eigenvalue weighted by molar-refractivity contribution is -0.722. The van der Waals surface area contributed by atoms with Gasteiger partial charge in [-0.1, -0.05) is 0 Å². The summed E-state index contributed by atoms with van der Waals surface area (Å²) in [5.41, 5.74) is 0. The largest absolute Gasteiger partial charge is 0.309 e. The molecule has 2 N–H and O–H groups in total. The van der Waals surface area contributed by atoms with E-state index in [4.69, 9.17) is 0 Å². The first kappa shape index (κ1) is 8.90. The van der Waals surface area contributed by atoms with Crippen molar-refractivity contribution >= 4 is 0 Å². The van der Waals surface area contributed by atoms with E-state index < -0.39 is 0 Å². The predicted molar refractivity (Wildman–Crippen MR) is 48.8 cm³/mol. The Balaban J connectivity index is 2.22. The molecule has 0 amide bonds. The minimum absolute atomic E-state index is 0.102. The van der Waals surface area contributed by atoms with Gasteiger partial charge in [0.25, 0.3) is 6.17 Å². The standard InChI is InChI=1S/C8H17N4O/c1-5-4-9-6(2)8-10-7(3)12(13)11(5)8/h5-10H,4H2,1-3H3/q+1/t5?,6?,7-,8?/m1/s1. The molecule has 13 heavy (non-hydrogen) atoms. The maximum Gasteiger partial charge on any atom is 0.286 e. The fourth-order valence-corrected chi connectivity index (χ4v) is 2.11. The van der Waals surface area contributed by atoms with E-state index >= 15 is 0 Å². The van der Waals surface area contributed by atoms with Gasteiger partial charge in [-0.25, -0.2) is 5.32 Å². The van der Waals surface area contributed by atoms with Crippen LogP contribution in [0.25, 0.3) is 0 Å². The Morgan fingerprint density at radius 2 is 2.08 bits per heavy atom. The summed E-state index contributed by atoms with van der Waals surface area (Å²) in [6.45, 7) is 6.94. The van der Waals surface area contributed by atoms with Crippen LogP contribution in [0.5, 0.6) is 0 Å². The van der Waals surface area contributed by atoms with Crippen molar-refractivity contribution in [3.05, 3.63) is 4.91 Å². The van der Waals surface area contributed by atoms with E-state index in [1.54, 1.807) is 0 Å². The Labute approximate surface area is 78.0 Å². The average Bonchev–Trinajstić information content (AvgIpc) is 2.38. The van der Waals surface area contributed by atoms with Crippen LogP contribution < -0.4 is 10.6 Å². The molecule has 0 spiro atoms. The Morgan fingerprint density at radius 3 is 2.69 bits per heavy atom. The summed E-state index contributed by atoms with van der Waals surface area (Å²) in [5, 5.41) is 8.53. The summed E-state index contributed by atoms with van der Waals surface area (Å²) < 4.78 is 0. The van der Waals surface area contributed by atoms with Gasteiger partial charge in [-0.15, -0.1) is 5.01 Å². The molecule has 0 aliphatic carbocycles. The van der Waals surface area contributed by atoms with Crippen molar-refractivity contribution < 1.29 is 4.87 Å². The summed E-state index contributed by atoms with van der Waals surface area (Å²) in [6.07, 6.45) is 0.0473. The van der Waals surface area contributed by atoms with Crippen molar-refractivity contribution in [1.29, 1.82) is 0 Å². The Morgan fingerprint density at radius 1 is 1.38 bits per heavy atom. The minimum atomic E-state index is -0.102. The third kappa shape index (κ3) is 1.23. The van der Waals surface area contributed by atoms with Gasteiger partial charge in [-0.3, -0.25) is 0 Å². The molecule has 2 aliphatic rings. The molecule has 0 aromatic carbocycles. The van der Waals surface area contributed by atoms with Crippen LogP contribution in [0.3, 0.4) is 0 Å². The van der Waals surface area contributed by atoms with E-state index in [-0.39, 0.29) is 18.4 Å². The molecule has 2 aliphatic heterocycles. The fourth-order valence-electron chi connectivity index (χ4n) is 2.11. The first-order valence-electron chi connectivity index (χ1n) is 4.85. The minimum Gasteiger partial charge on any atom is -0.309 e. The third-order valence-corrected chi connectivity index (χ3v) is 2.92. The van der Waals surface area contributed by atoms with Gasteiger partial charge in [0.15, 0.2) is 6.17 Å². The average molecular weight is 185 g/mol. The van der Waals surface area contributed by atoms with Crippen LogP contribution in [0.1, 0.15) is 20.8 Å². The Kier molecular flexibility index (Phi) is 2.00. The molecular weight excluding hydrogens is 168 g/mol. The molecule has 0 saturated carbocycles. The van der Waals surface area contributed by atoms with Crippen LogP contribution in [0.2, 0.25) is 0 Å². The lowest BCUT2D eigenvalue weighted by Crippen LogP contribution is -2.62. The maximum absolute atomic E-state index is 11.6. The number of nitrogens with one attached hydrogen (secondary N) is 2. The quantitative estimate of drug-likeness (QED) is 0.506. The van der Waals surface area contributed by atoms with Crippen LogP contribution >= 0.6 is 0 Å². The summed E-state index contributed by atoms with van der Waals surface area (Å²) in [5.74, 6) is 0. The molecule has 3 unspecified atom stereocenters. The molecular formula is C8H17N4O+. The second kappa shape index (κ2) is 2.92. The normalized spacial score (nSPS) is 45.2. The zero-order valence-electron chi connectivity index (χ0n) is 8.32. The number of nitroso groups, excluding NO2 is 1. The molecule has 2 rings (SSSR count).